The van der Waals surface area contributed by atoms with Crippen LogP contribution >= 0.6 is 0 Å². The lowest BCUT2D eigenvalue weighted by atomic mass is 10.00. The molecular weight excluding hydrogens is 645 g/mol. The molecular formula is C49H28N4. The van der Waals surface area contributed by atoms with E-state index in [9.17, 15) is 0 Å². The van der Waals surface area contributed by atoms with Gasteiger partial charge >= 0.3 is 0 Å². The summed E-state index contributed by atoms with van der Waals surface area (Å²) in [7, 11) is 0. The largest absolute Gasteiger partial charge is 0.308 e. The molecule has 0 amide bonds. The van der Waals surface area contributed by atoms with Crippen LogP contribution in [0.1, 0.15) is 0 Å². The van der Waals surface area contributed by atoms with Crippen LogP contribution in [0.3, 0.4) is 0 Å². The smallest absolute Gasteiger partial charge is 0.146 e. The molecule has 0 fully saturated rings. The normalized spacial score (nSPS) is 12.5. The quantitative estimate of drug-likeness (QED) is 0.187. The molecule has 8 aromatic carbocycles. The van der Waals surface area contributed by atoms with Crippen molar-refractivity contribution in [1.29, 1.82) is 0 Å². The molecule has 0 N–H and O–H groups in total. The van der Waals surface area contributed by atoms with Crippen LogP contribution in [0.15, 0.2) is 170 Å². The number of aromatic nitrogens is 3. The zero-order valence-corrected chi connectivity index (χ0v) is 28.5. The summed E-state index contributed by atoms with van der Waals surface area (Å²) in [6.07, 6.45) is 0. The summed E-state index contributed by atoms with van der Waals surface area (Å²) in [6, 6.07) is 61.9. The summed E-state index contributed by atoms with van der Waals surface area (Å²) in [5.74, 6) is 0. The van der Waals surface area contributed by atoms with E-state index in [-0.39, 0.29) is 0 Å². The number of fused-ring (bicyclic) bond motifs is 16. The van der Waals surface area contributed by atoms with Crippen LogP contribution in [0.2, 0.25) is 0 Å². The van der Waals surface area contributed by atoms with Gasteiger partial charge in [0.15, 0.2) is 0 Å². The molecule has 0 atom stereocenters. The van der Waals surface area contributed by atoms with Crippen molar-refractivity contribution in [3.05, 3.63) is 170 Å². The number of rotatable bonds is 3. The Bertz CT molecular complexity index is 3580. The number of hydrogen-bond acceptors (Lipinski definition) is 2. The van der Waals surface area contributed by atoms with E-state index in [4.69, 9.17) is 4.98 Å². The summed E-state index contributed by atoms with van der Waals surface area (Å²) in [5.41, 5.74) is 11.4. The van der Waals surface area contributed by atoms with Gasteiger partial charge in [-0.05, 0) is 70.1 Å². The van der Waals surface area contributed by atoms with Crippen molar-refractivity contribution in [3.8, 4) is 0 Å². The number of hydrogen-bond donors (Lipinski definition) is 0. The van der Waals surface area contributed by atoms with Crippen molar-refractivity contribution >= 4 is 115 Å². The topological polar surface area (TPSA) is 25.0 Å². The second kappa shape index (κ2) is 9.78. The van der Waals surface area contributed by atoms with Gasteiger partial charge in [-0.15, -0.1) is 0 Å². The molecule has 0 aliphatic heterocycles. The fourth-order valence-corrected chi connectivity index (χ4v) is 9.61. The van der Waals surface area contributed by atoms with Crippen molar-refractivity contribution in [3.63, 3.8) is 0 Å². The predicted octanol–water partition coefficient (Wildman–Crippen LogP) is 13.2. The van der Waals surface area contributed by atoms with Gasteiger partial charge in [-0.1, -0.05) is 121 Å². The van der Waals surface area contributed by atoms with E-state index in [0.29, 0.717) is 0 Å². The van der Waals surface area contributed by atoms with Gasteiger partial charge in [0.1, 0.15) is 5.65 Å². The molecule has 0 radical (unpaired) electrons. The van der Waals surface area contributed by atoms with E-state index in [0.717, 1.165) is 39.3 Å². The van der Waals surface area contributed by atoms with Gasteiger partial charge in [0.05, 0.1) is 38.8 Å². The molecule has 0 saturated heterocycles. The van der Waals surface area contributed by atoms with Crippen LogP contribution in [0.4, 0.5) is 17.1 Å². The molecule has 244 valence electrons. The van der Waals surface area contributed by atoms with Crippen LogP contribution in [0.25, 0.3) is 98.0 Å². The Kier molecular flexibility index (Phi) is 5.08. The molecule has 13 aromatic rings. The van der Waals surface area contributed by atoms with Crippen LogP contribution in [0, 0.1) is 0 Å². The van der Waals surface area contributed by atoms with E-state index in [1.165, 1.54) is 75.8 Å². The highest BCUT2D eigenvalue weighted by Gasteiger charge is 2.27. The number of anilines is 3. The standard InChI is InChI=1S/C49H28N4/c1-3-15-31(16-4-1)51(32-17-5-2-6-18-32)41-24-12-22-36-44-34-20-10-8-14-30(34)27-38-39-28-42-45(50-49(39)53(47(36)41)48(38)44)37-23-11-21-35-43-33-19-9-7-13-29(33)25-26-40(43)52(42)46(35)37/h1-28H. The monoisotopic (exact) mass is 672 g/mol. The maximum absolute atomic E-state index is 5.74. The predicted molar refractivity (Wildman–Crippen MR) is 223 cm³/mol. The van der Waals surface area contributed by atoms with Gasteiger partial charge in [0.25, 0.3) is 0 Å². The molecule has 53 heavy (non-hydrogen) atoms. The first-order valence-corrected chi connectivity index (χ1v) is 18.2. The lowest BCUT2D eigenvalue weighted by molar-refractivity contribution is 1.25. The lowest BCUT2D eigenvalue weighted by Gasteiger charge is -2.26. The summed E-state index contributed by atoms with van der Waals surface area (Å²) in [4.78, 5) is 8.13. The van der Waals surface area contributed by atoms with E-state index in [1.54, 1.807) is 0 Å². The summed E-state index contributed by atoms with van der Waals surface area (Å²) < 4.78 is 4.94. The lowest BCUT2D eigenvalue weighted by Crippen LogP contribution is -2.10. The summed E-state index contributed by atoms with van der Waals surface area (Å²) >= 11 is 0. The van der Waals surface area contributed by atoms with Crippen molar-refractivity contribution < 1.29 is 0 Å². The molecule has 0 aliphatic carbocycles. The first-order chi connectivity index (χ1) is 26.3. The van der Waals surface area contributed by atoms with Gasteiger partial charge in [-0.25, -0.2) is 4.98 Å². The zero-order chi connectivity index (χ0) is 34.4. The Hall–Kier alpha value is -7.17. The van der Waals surface area contributed by atoms with Gasteiger partial charge in [-0.3, -0.25) is 4.40 Å². The van der Waals surface area contributed by atoms with E-state index in [2.05, 4.69) is 184 Å². The third kappa shape index (κ3) is 3.39. The average molecular weight is 673 g/mol. The average Bonchev–Trinajstić information content (AvgIpc) is 3.94. The molecule has 13 rings (SSSR count). The molecule has 0 bridgehead atoms. The minimum absolute atomic E-state index is 0.986. The summed E-state index contributed by atoms with van der Waals surface area (Å²) in [6.45, 7) is 0. The number of benzene rings is 8. The second-order valence-electron chi connectivity index (χ2n) is 14.3. The first kappa shape index (κ1) is 27.5. The van der Waals surface area contributed by atoms with E-state index >= 15 is 0 Å². The van der Waals surface area contributed by atoms with Crippen LogP contribution < -0.4 is 4.90 Å². The molecule has 5 aromatic heterocycles. The highest BCUT2D eigenvalue weighted by atomic mass is 15.2. The molecule has 0 aliphatic rings. The van der Waals surface area contributed by atoms with Crippen molar-refractivity contribution in [2.24, 2.45) is 0 Å². The highest BCUT2D eigenvalue weighted by Crippen LogP contribution is 2.49. The zero-order valence-electron chi connectivity index (χ0n) is 28.5. The number of para-hydroxylation sites is 4. The Morgan fingerprint density at radius 2 is 1.00 bits per heavy atom. The molecule has 4 nitrogen and oxygen atoms in total. The first-order valence-electron chi connectivity index (χ1n) is 18.2. The van der Waals surface area contributed by atoms with Crippen LogP contribution in [0.5, 0.6) is 0 Å². The molecule has 0 saturated carbocycles. The number of nitrogens with zero attached hydrogens (tertiary/aromatic N) is 4. The summed E-state index contributed by atoms with van der Waals surface area (Å²) in [5, 5.41) is 13.7. The highest BCUT2D eigenvalue weighted by molar-refractivity contribution is 6.34. The van der Waals surface area contributed by atoms with E-state index in [1.807, 2.05) is 0 Å². The van der Waals surface area contributed by atoms with Gasteiger partial charge in [0.2, 0.25) is 0 Å². The van der Waals surface area contributed by atoms with Crippen molar-refractivity contribution in [1.82, 2.24) is 13.8 Å². The molecule has 0 unspecified atom stereocenters. The third-order valence-corrected chi connectivity index (χ3v) is 11.7. The maximum atomic E-state index is 5.74. The fraction of sp³-hybridized carbons (Fsp3) is 0. The minimum atomic E-state index is 0.986. The Morgan fingerprint density at radius 3 is 1.77 bits per heavy atom. The van der Waals surface area contributed by atoms with Crippen molar-refractivity contribution in [2.45, 2.75) is 0 Å². The second-order valence-corrected chi connectivity index (χ2v) is 14.3. The fourth-order valence-electron chi connectivity index (χ4n) is 9.61. The van der Waals surface area contributed by atoms with Gasteiger partial charge in [-0.2, -0.15) is 0 Å². The minimum Gasteiger partial charge on any atom is -0.308 e. The van der Waals surface area contributed by atoms with Crippen molar-refractivity contribution in [2.75, 3.05) is 4.90 Å². The third-order valence-electron chi connectivity index (χ3n) is 11.7. The Labute approximate surface area is 302 Å². The molecule has 0 spiro atoms. The van der Waals surface area contributed by atoms with Crippen LogP contribution in [-0.2, 0) is 0 Å². The van der Waals surface area contributed by atoms with E-state index < -0.39 is 0 Å². The maximum Gasteiger partial charge on any atom is 0.146 e. The number of pyridine rings is 1. The SMILES string of the molecule is c1ccc(N(c2ccccc2)c2cccc3c4c5ccccc5cc5c6cc7c(nc6n(c23)c54)c2cccc3c4c5ccccc5ccc4n7c23)cc1. The van der Waals surface area contributed by atoms with Gasteiger partial charge in [0, 0.05) is 49.1 Å². The van der Waals surface area contributed by atoms with Gasteiger partial charge < -0.3 is 9.30 Å². The Morgan fingerprint density at radius 1 is 0.377 bits per heavy atom. The molecule has 4 heteroatoms. The Balaban J connectivity index is 1.25. The van der Waals surface area contributed by atoms with Crippen LogP contribution in [-0.4, -0.2) is 13.8 Å². The molecule has 5 heterocycles.